The monoisotopic (exact) mass is 306 g/mol. The third-order valence-corrected chi connectivity index (χ3v) is 4.20. The van der Waals surface area contributed by atoms with E-state index in [0.29, 0.717) is 27.3 Å². The van der Waals surface area contributed by atoms with Gasteiger partial charge >= 0.3 is 6.03 Å². The molecule has 0 spiro atoms. The number of imide groups is 1. The molecule has 7 heteroatoms. The highest BCUT2D eigenvalue weighted by molar-refractivity contribution is 7.20. The first kappa shape index (κ1) is 13.6. The second-order valence-electron chi connectivity index (χ2n) is 3.99. The van der Waals surface area contributed by atoms with E-state index in [4.69, 9.17) is 23.2 Å². The standard InChI is InChI=1S/C11H12Cl2N2O2S/c12-8-6-7(9(13)18-8)10(16)15-5-3-1-2-4-14-11(15)17/h6H,1-5H2,(H,14,17). The maximum atomic E-state index is 12.2. The van der Waals surface area contributed by atoms with Crippen LogP contribution in [0.4, 0.5) is 4.79 Å². The van der Waals surface area contributed by atoms with Crippen LogP contribution in [0.2, 0.25) is 8.67 Å². The predicted octanol–water partition coefficient (Wildman–Crippen LogP) is 3.39. The summed E-state index contributed by atoms with van der Waals surface area (Å²) < 4.78 is 0.760. The van der Waals surface area contributed by atoms with E-state index in [-0.39, 0.29) is 11.9 Å². The first-order valence-corrected chi connectivity index (χ1v) is 7.21. The Bertz CT molecular complexity index is 476. The second-order valence-corrected chi connectivity index (χ2v) is 6.27. The lowest BCUT2D eigenvalue weighted by molar-refractivity contribution is 0.0794. The number of hydrogen-bond donors (Lipinski definition) is 1. The third-order valence-electron chi connectivity index (χ3n) is 2.71. The van der Waals surface area contributed by atoms with Crippen molar-refractivity contribution in [1.29, 1.82) is 0 Å². The fraction of sp³-hybridized carbons (Fsp3) is 0.455. The smallest absolute Gasteiger partial charge is 0.324 e. The lowest BCUT2D eigenvalue weighted by Crippen LogP contribution is -2.45. The van der Waals surface area contributed by atoms with E-state index in [0.717, 1.165) is 30.6 Å². The molecule has 1 aromatic heterocycles. The van der Waals surface area contributed by atoms with Gasteiger partial charge in [-0.2, -0.15) is 0 Å². The molecule has 2 rings (SSSR count). The fourth-order valence-electron chi connectivity index (χ4n) is 1.79. The highest BCUT2D eigenvalue weighted by Crippen LogP contribution is 2.32. The molecule has 0 radical (unpaired) electrons. The van der Waals surface area contributed by atoms with Crippen LogP contribution in [0, 0.1) is 0 Å². The molecule has 4 nitrogen and oxygen atoms in total. The average Bonchev–Trinajstić information content (AvgIpc) is 2.63. The first-order valence-electron chi connectivity index (χ1n) is 5.64. The minimum absolute atomic E-state index is 0.294. The molecule has 1 fully saturated rings. The van der Waals surface area contributed by atoms with E-state index in [1.165, 1.54) is 11.0 Å². The Morgan fingerprint density at radius 3 is 2.78 bits per heavy atom. The van der Waals surface area contributed by atoms with E-state index < -0.39 is 0 Å². The third kappa shape index (κ3) is 2.96. The molecule has 0 atom stereocenters. The molecule has 18 heavy (non-hydrogen) atoms. The Hall–Kier alpha value is -0.780. The van der Waals surface area contributed by atoms with Gasteiger partial charge in [-0.15, -0.1) is 11.3 Å². The minimum atomic E-state index is -0.387. The molecule has 0 bridgehead atoms. The van der Waals surface area contributed by atoms with Crippen LogP contribution in [0.1, 0.15) is 29.6 Å². The topological polar surface area (TPSA) is 49.4 Å². The van der Waals surface area contributed by atoms with Crippen molar-refractivity contribution in [2.45, 2.75) is 19.3 Å². The number of nitrogens with one attached hydrogen (secondary N) is 1. The number of rotatable bonds is 1. The van der Waals surface area contributed by atoms with Crippen molar-refractivity contribution in [2.75, 3.05) is 13.1 Å². The van der Waals surface area contributed by atoms with Gasteiger partial charge < -0.3 is 5.32 Å². The lowest BCUT2D eigenvalue weighted by Gasteiger charge is -2.23. The van der Waals surface area contributed by atoms with Crippen LogP contribution in [-0.4, -0.2) is 29.9 Å². The molecule has 1 N–H and O–H groups in total. The van der Waals surface area contributed by atoms with Crippen molar-refractivity contribution in [3.8, 4) is 0 Å². The Kier molecular flexibility index (Phi) is 4.48. The van der Waals surface area contributed by atoms with Crippen molar-refractivity contribution in [3.05, 3.63) is 20.3 Å². The molecular formula is C11H12Cl2N2O2S. The summed E-state index contributed by atoms with van der Waals surface area (Å²) in [6, 6.07) is 1.14. The normalized spacial score (nSPS) is 17.0. The first-order chi connectivity index (χ1) is 8.59. The summed E-state index contributed by atoms with van der Waals surface area (Å²) in [5.41, 5.74) is 0.294. The Morgan fingerprint density at radius 1 is 1.33 bits per heavy atom. The number of nitrogens with zero attached hydrogens (tertiary/aromatic N) is 1. The van der Waals surface area contributed by atoms with Crippen molar-refractivity contribution in [3.63, 3.8) is 0 Å². The lowest BCUT2D eigenvalue weighted by atomic mass is 10.2. The van der Waals surface area contributed by atoms with E-state index >= 15 is 0 Å². The number of hydrogen-bond acceptors (Lipinski definition) is 3. The minimum Gasteiger partial charge on any atom is -0.338 e. The highest BCUT2D eigenvalue weighted by atomic mass is 35.5. The van der Waals surface area contributed by atoms with E-state index in [2.05, 4.69) is 5.32 Å². The van der Waals surface area contributed by atoms with Crippen LogP contribution in [0.15, 0.2) is 6.07 Å². The number of amides is 3. The molecule has 1 aromatic rings. The molecular weight excluding hydrogens is 295 g/mol. The van der Waals surface area contributed by atoms with Gasteiger partial charge in [-0.3, -0.25) is 9.69 Å². The van der Waals surface area contributed by atoms with Crippen LogP contribution in [0.3, 0.4) is 0 Å². The van der Waals surface area contributed by atoms with E-state index in [1.54, 1.807) is 0 Å². The second kappa shape index (κ2) is 5.91. The van der Waals surface area contributed by atoms with Crippen LogP contribution in [0.25, 0.3) is 0 Å². The van der Waals surface area contributed by atoms with Crippen molar-refractivity contribution in [1.82, 2.24) is 10.2 Å². The molecule has 0 unspecified atom stereocenters. The van der Waals surface area contributed by atoms with Crippen LogP contribution in [-0.2, 0) is 0 Å². The number of halogens is 2. The molecule has 0 aliphatic carbocycles. The van der Waals surface area contributed by atoms with Gasteiger partial charge in [-0.1, -0.05) is 23.2 Å². The van der Waals surface area contributed by atoms with Gasteiger partial charge in [-0.25, -0.2) is 4.79 Å². The zero-order chi connectivity index (χ0) is 13.1. The summed E-state index contributed by atoms with van der Waals surface area (Å²) in [6.45, 7) is 1.01. The Labute approximate surface area is 119 Å². The van der Waals surface area contributed by atoms with Crippen molar-refractivity contribution < 1.29 is 9.59 Å². The number of carbonyl (C=O) groups excluding carboxylic acids is 2. The summed E-state index contributed by atoms with van der Waals surface area (Å²) in [5, 5.41) is 2.71. The highest BCUT2D eigenvalue weighted by Gasteiger charge is 2.26. The largest absolute Gasteiger partial charge is 0.338 e. The average molecular weight is 307 g/mol. The number of thiophene rings is 1. The quantitative estimate of drug-likeness (QED) is 0.864. The van der Waals surface area contributed by atoms with Gasteiger partial charge in [-0.05, 0) is 25.3 Å². The van der Waals surface area contributed by atoms with Gasteiger partial charge in [0.15, 0.2) is 0 Å². The zero-order valence-electron chi connectivity index (χ0n) is 9.54. The molecule has 1 aliphatic rings. The van der Waals surface area contributed by atoms with E-state index in [1.807, 2.05) is 0 Å². The van der Waals surface area contributed by atoms with Gasteiger partial charge in [0.2, 0.25) is 0 Å². The molecule has 0 saturated carbocycles. The van der Waals surface area contributed by atoms with Gasteiger partial charge in [0.25, 0.3) is 5.91 Å². The Balaban J connectivity index is 2.20. The molecule has 2 heterocycles. The summed E-state index contributed by atoms with van der Waals surface area (Å²) in [6.07, 6.45) is 2.75. The van der Waals surface area contributed by atoms with Crippen LogP contribution < -0.4 is 5.32 Å². The van der Waals surface area contributed by atoms with Gasteiger partial charge in [0, 0.05) is 13.1 Å². The number of carbonyl (C=O) groups is 2. The molecule has 98 valence electrons. The summed E-state index contributed by atoms with van der Waals surface area (Å²) >= 11 is 12.9. The fourth-order valence-corrected chi connectivity index (χ4v) is 3.24. The van der Waals surface area contributed by atoms with Crippen molar-refractivity contribution in [2.24, 2.45) is 0 Å². The maximum Gasteiger partial charge on any atom is 0.324 e. The maximum absolute atomic E-state index is 12.2. The van der Waals surface area contributed by atoms with Gasteiger partial charge in [0.1, 0.15) is 4.34 Å². The molecule has 3 amide bonds. The zero-order valence-corrected chi connectivity index (χ0v) is 11.9. The van der Waals surface area contributed by atoms with Crippen LogP contribution >= 0.6 is 34.5 Å². The summed E-state index contributed by atoms with van der Waals surface area (Å²) in [4.78, 5) is 25.3. The molecule has 1 saturated heterocycles. The van der Waals surface area contributed by atoms with E-state index in [9.17, 15) is 9.59 Å². The van der Waals surface area contributed by atoms with Gasteiger partial charge in [0.05, 0.1) is 9.90 Å². The van der Waals surface area contributed by atoms with Crippen LogP contribution in [0.5, 0.6) is 0 Å². The predicted molar refractivity (Wildman–Crippen MR) is 72.6 cm³/mol. The molecule has 1 aliphatic heterocycles. The Morgan fingerprint density at radius 2 is 2.11 bits per heavy atom. The SMILES string of the molecule is O=C1NCCCCCN1C(=O)c1cc(Cl)sc1Cl. The van der Waals surface area contributed by atoms with Crippen molar-refractivity contribution >= 4 is 46.5 Å². The summed E-state index contributed by atoms with van der Waals surface area (Å²) in [5.74, 6) is -0.387. The number of urea groups is 1. The molecule has 0 aromatic carbocycles. The summed E-state index contributed by atoms with van der Waals surface area (Å²) in [7, 11) is 0.